The average Bonchev–Trinajstić information content (AvgIpc) is 2.37. The fourth-order valence-electron chi connectivity index (χ4n) is 1.47. The lowest BCUT2D eigenvalue weighted by Crippen LogP contribution is -2.31. The van der Waals surface area contributed by atoms with Crippen LogP contribution in [0.3, 0.4) is 0 Å². The Labute approximate surface area is 107 Å². The molecule has 1 N–H and O–H groups in total. The van der Waals surface area contributed by atoms with Crippen LogP contribution in [-0.2, 0) is 6.54 Å². The molecule has 2 aromatic rings. The van der Waals surface area contributed by atoms with Crippen LogP contribution in [0.15, 0.2) is 46.1 Å². The fraction of sp³-hybridized carbons (Fsp3) is 0.0833. The highest BCUT2D eigenvalue weighted by Gasteiger charge is 2.09. The molecule has 0 aliphatic carbocycles. The highest BCUT2D eigenvalue weighted by Crippen LogP contribution is 2.02. The number of hydrogen-bond donors (Lipinski definition) is 1. The van der Waals surface area contributed by atoms with E-state index in [-0.39, 0.29) is 17.4 Å². The third-order valence-corrected chi connectivity index (χ3v) is 2.65. The van der Waals surface area contributed by atoms with E-state index in [0.717, 1.165) is 10.8 Å². The number of aromatic amines is 1. The number of aromatic nitrogens is 2. The third kappa shape index (κ3) is 2.57. The zero-order chi connectivity index (χ0) is 13.1. The number of Topliss-reactive ketones (excluding diaryl/α,β-unsaturated/α-hetero) is 1. The van der Waals surface area contributed by atoms with Gasteiger partial charge in [0, 0.05) is 11.8 Å². The van der Waals surface area contributed by atoms with Gasteiger partial charge in [-0.3, -0.25) is 19.1 Å². The largest absolute Gasteiger partial charge is 0.328 e. The van der Waals surface area contributed by atoms with Crippen molar-refractivity contribution >= 4 is 17.4 Å². The van der Waals surface area contributed by atoms with Crippen LogP contribution in [0.4, 0.5) is 0 Å². The molecule has 0 unspecified atom stereocenters. The topological polar surface area (TPSA) is 71.9 Å². The van der Waals surface area contributed by atoms with Crippen LogP contribution in [0.2, 0.25) is 5.02 Å². The van der Waals surface area contributed by atoms with Gasteiger partial charge in [0.15, 0.2) is 5.78 Å². The van der Waals surface area contributed by atoms with Crippen LogP contribution in [0, 0.1) is 0 Å². The first-order valence-corrected chi connectivity index (χ1v) is 5.53. The highest BCUT2D eigenvalue weighted by molar-refractivity contribution is 6.30. The maximum atomic E-state index is 11.9. The van der Waals surface area contributed by atoms with E-state index in [1.807, 2.05) is 4.98 Å². The van der Waals surface area contributed by atoms with Crippen molar-refractivity contribution in [2.24, 2.45) is 0 Å². The van der Waals surface area contributed by atoms with Crippen molar-refractivity contribution in [3.63, 3.8) is 0 Å². The molecule has 0 aliphatic rings. The normalized spacial score (nSPS) is 10.3. The molecule has 1 heterocycles. The van der Waals surface area contributed by atoms with E-state index < -0.39 is 11.2 Å². The molecular formula is C12H9ClN2O3. The number of H-pyrrole nitrogens is 1. The van der Waals surface area contributed by atoms with E-state index in [2.05, 4.69) is 0 Å². The molecule has 0 spiro atoms. The van der Waals surface area contributed by atoms with E-state index >= 15 is 0 Å². The second-order valence-corrected chi connectivity index (χ2v) is 4.06. The summed E-state index contributed by atoms with van der Waals surface area (Å²) in [6.45, 7) is -0.167. The van der Waals surface area contributed by atoms with Crippen LogP contribution >= 0.6 is 11.6 Å². The molecule has 0 bridgehead atoms. The molecule has 92 valence electrons. The van der Waals surface area contributed by atoms with E-state index in [1.165, 1.54) is 0 Å². The van der Waals surface area contributed by atoms with Gasteiger partial charge in [0.25, 0.3) is 5.56 Å². The van der Waals surface area contributed by atoms with Crippen LogP contribution in [0.25, 0.3) is 0 Å². The first-order valence-electron chi connectivity index (χ1n) is 5.15. The Morgan fingerprint density at radius 2 is 1.89 bits per heavy atom. The first-order chi connectivity index (χ1) is 8.58. The minimum absolute atomic E-state index is 0.129. The summed E-state index contributed by atoms with van der Waals surface area (Å²) in [7, 11) is 0. The number of carbonyl (C=O) groups is 1. The van der Waals surface area contributed by atoms with Crippen molar-refractivity contribution in [3.8, 4) is 0 Å². The number of ketones is 1. The molecule has 18 heavy (non-hydrogen) atoms. The SMILES string of the molecule is O=C(Cn1cc(Cl)c(=O)[nH]c1=O)c1ccccc1. The molecule has 1 aromatic heterocycles. The molecular weight excluding hydrogens is 256 g/mol. The van der Waals surface area contributed by atoms with Gasteiger partial charge in [-0.05, 0) is 0 Å². The summed E-state index contributed by atoms with van der Waals surface area (Å²) in [5.74, 6) is -0.235. The smallest absolute Gasteiger partial charge is 0.292 e. The molecule has 0 amide bonds. The molecule has 0 saturated carbocycles. The van der Waals surface area contributed by atoms with Crippen LogP contribution in [0.1, 0.15) is 10.4 Å². The van der Waals surface area contributed by atoms with E-state index in [0.29, 0.717) is 5.56 Å². The molecule has 0 aliphatic heterocycles. The van der Waals surface area contributed by atoms with Gasteiger partial charge >= 0.3 is 5.69 Å². The molecule has 0 radical (unpaired) electrons. The number of rotatable bonds is 3. The lowest BCUT2D eigenvalue weighted by Gasteiger charge is -2.04. The van der Waals surface area contributed by atoms with E-state index in [4.69, 9.17) is 11.6 Å². The molecule has 0 atom stereocenters. The van der Waals surface area contributed by atoms with Gasteiger partial charge in [-0.25, -0.2) is 4.79 Å². The summed E-state index contributed by atoms with van der Waals surface area (Å²) in [4.78, 5) is 36.4. The maximum absolute atomic E-state index is 11.9. The zero-order valence-electron chi connectivity index (χ0n) is 9.22. The Hall–Kier alpha value is -2.14. The quantitative estimate of drug-likeness (QED) is 0.843. The molecule has 6 heteroatoms. The number of halogens is 1. The van der Waals surface area contributed by atoms with Gasteiger partial charge in [0.05, 0.1) is 6.54 Å². The molecule has 2 rings (SSSR count). The lowest BCUT2D eigenvalue weighted by atomic mass is 10.1. The Kier molecular flexibility index (Phi) is 3.43. The van der Waals surface area contributed by atoms with Gasteiger partial charge in [-0.1, -0.05) is 41.9 Å². The van der Waals surface area contributed by atoms with E-state index in [1.54, 1.807) is 30.3 Å². The second-order valence-electron chi connectivity index (χ2n) is 3.65. The third-order valence-electron chi connectivity index (χ3n) is 2.38. The minimum Gasteiger partial charge on any atom is -0.292 e. The average molecular weight is 265 g/mol. The van der Waals surface area contributed by atoms with Crippen molar-refractivity contribution in [2.75, 3.05) is 0 Å². The van der Waals surface area contributed by atoms with Crippen molar-refractivity contribution in [1.82, 2.24) is 9.55 Å². The molecule has 5 nitrogen and oxygen atoms in total. The lowest BCUT2D eigenvalue weighted by molar-refractivity contribution is 0.0970. The highest BCUT2D eigenvalue weighted by atomic mass is 35.5. The monoisotopic (exact) mass is 264 g/mol. The summed E-state index contributed by atoms with van der Waals surface area (Å²) in [6, 6.07) is 8.56. The Morgan fingerprint density at radius 3 is 2.56 bits per heavy atom. The van der Waals surface area contributed by atoms with Crippen molar-refractivity contribution < 1.29 is 4.79 Å². The number of hydrogen-bond acceptors (Lipinski definition) is 3. The van der Waals surface area contributed by atoms with Crippen LogP contribution < -0.4 is 11.2 Å². The van der Waals surface area contributed by atoms with Crippen molar-refractivity contribution in [1.29, 1.82) is 0 Å². The van der Waals surface area contributed by atoms with Gasteiger partial charge in [-0.2, -0.15) is 0 Å². The Morgan fingerprint density at radius 1 is 1.22 bits per heavy atom. The van der Waals surface area contributed by atoms with Crippen LogP contribution in [0.5, 0.6) is 0 Å². The number of benzene rings is 1. The van der Waals surface area contributed by atoms with Gasteiger partial charge < -0.3 is 0 Å². The van der Waals surface area contributed by atoms with Crippen molar-refractivity contribution in [3.05, 3.63) is 68.0 Å². The fourth-order valence-corrected chi connectivity index (χ4v) is 1.64. The molecule has 1 aromatic carbocycles. The Balaban J connectivity index is 2.31. The zero-order valence-corrected chi connectivity index (χ0v) is 9.98. The second kappa shape index (κ2) is 5.01. The van der Waals surface area contributed by atoms with Crippen molar-refractivity contribution in [2.45, 2.75) is 6.54 Å². The summed E-state index contributed by atoms with van der Waals surface area (Å²) < 4.78 is 1.07. The van der Waals surface area contributed by atoms with E-state index in [9.17, 15) is 14.4 Å². The summed E-state index contributed by atoms with van der Waals surface area (Å²) in [5, 5.41) is -0.129. The predicted molar refractivity (Wildman–Crippen MR) is 67.1 cm³/mol. The minimum atomic E-state index is -0.662. The Bertz CT molecular complexity index is 688. The standard InChI is InChI=1S/C12H9ClN2O3/c13-9-6-15(12(18)14-11(9)17)7-10(16)8-4-2-1-3-5-8/h1-6H,7H2,(H,14,17,18). The van der Waals surface area contributed by atoms with Crippen LogP contribution in [-0.4, -0.2) is 15.3 Å². The summed E-state index contributed by atoms with van der Waals surface area (Å²) in [6.07, 6.45) is 1.16. The summed E-state index contributed by atoms with van der Waals surface area (Å²) >= 11 is 5.60. The number of nitrogens with one attached hydrogen (secondary N) is 1. The van der Waals surface area contributed by atoms with Gasteiger partial charge in [0.2, 0.25) is 0 Å². The number of carbonyl (C=O) groups excluding carboxylic acids is 1. The molecule has 0 saturated heterocycles. The first kappa shape index (κ1) is 12.3. The predicted octanol–water partition coefficient (Wildman–Crippen LogP) is 1.07. The summed E-state index contributed by atoms with van der Waals surface area (Å²) in [5.41, 5.74) is -0.828. The molecule has 0 fully saturated rings. The van der Waals surface area contributed by atoms with Gasteiger partial charge in [-0.15, -0.1) is 0 Å². The number of nitrogens with zero attached hydrogens (tertiary/aromatic N) is 1. The maximum Gasteiger partial charge on any atom is 0.328 e. The van der Waals surface area contributed by atoms with Gasteiger partial charge in [0.1, 0.15) is 5.02 Å².